The van der Waals surface area contributed by atoms with Gasteiger partial charge in [0.1, 0.15) is 0 Å². The second-order valence-corrected chi connectivity index (χ2v) is 10.8. The van der Waals surface area contributed by atoms with Crippen LogP contribution in [-0.2, 0) is 11.1 Å². The Kier molecular flexibility index (Phi) is 5.95. The summed E-state index contributed by atoms with van der Waals surface area (Å²) in [5.74, 6) is -0.463. The van der Waals surface area contributed by atoms with Crippen LogP contribution in [0.5, 0.6) is 0 Å². The lowest BCUT2D eigenvalue weighted by Gasteiger charge is -2.20. The summed E-state index contributed by atoms with van der Waals surface area (Å²) in [7, 11) is -3.67. The lowest BCUT2D eigenvalue weighted by molar-refractivity contribution is 0.0982. The van der Waals surface area contributed by atoms with Crippen LogP contribution in [0.25, 0.3) is 10.9 Å². The molecule has 3 heterocycles. The fourth-order valence-corrected chi connectivity index (χ4v) is 6.62. The first kappa shape index (κ1) is 21.4. The van der Waals surface area contributed by atoms with Crippen LogP contribution in [-0.4, -0.2) is 20.4 Å². The Labute approximate surface area is 197 Å². The summed E-state index contributed by atoms with van der Waals surface area (Å²) in [5.41, 5.74) is 2.47. The van der Waals surface area contributed by atoms with Gasteiger partial charge in [-0.3, -0.25) is 24.6 Å². The van der Waals surface area contributed by atoms with Gasteiger partial charge in [0, 0.05) is 46.8 Å². The van der Waals surface area contributed by atoms with Crippen molar-refractivity contribution in [3.05, 3.63) is 95.1 Å². The summed E-state index contributed by atoms with van der Waals surface area (Å²) in [4.78, 5) is 21.7. The molecule has 0 aliphatic rings. The van der Waals surface area contributed by atoms with Crippen LogP contribution in [0, 0.1) is 0 Å². The number of para-hydroxylation sites is 1. The summed E-state index contributed by atoms with van der Waals surface area (Å²) in [6.45, 7) is 0.612. The highest BCUT2D eigenvalue weighted by Crippen LogP contribution is 2.43. The zero-order valence-electron chi connectivity index (χ0n) is 17.2. The van der Waals surface area contributed by atoms with E-state index in [9.17, 15) is 9.36 Å². The standard InChI is InChI=1S/C22H19N6O2PS2/c29-20(25-31(30,26-21-23-10-12-32-21)27-22-24-11-13-33-22)18-15-28(14-16-6-2-1-3-7-16)19-9-5-4-8-17(18)19/h1-13,15H,14H2,(H3,23,24,25,26,27,29,30). The van der Waals surface area contributed by atoms with E-state index < -0.39 is 13.5 Å². The summed E-state index contributed by atoms with van der Waals surface area (Å²) in [6.07, 6.45) is 4.99. The zero-order valence-corrected chi connectivity index (χ0v) is 19.7. The van der Waals surface area contributed by atoms with Crippen LogP contribution in [0.15, 0.2) is 83.9 Å². The fourth-order valence-electron chi connectivity index (χ4n) is 3.45. The van der Waals surface area contributed by atoms with Crippen LogP contribution in [0.4, 0.5) is 10.3 Å². The molecule has 33 heavy (non-hydrogen) atoms. The number of fused-ring (bicyclic) bond motifs is 1. The number of thiazole rings is 2. The van der Waals surface area contributed by atoms with E-state index >= 15 is 0 Å². The third-order valence-corrected chi connectivity index (χ3v) is 8.11. The molecule has 0 aliphatic heterocycles. The highest BCUT2D eigenvalue weighted by Gasteiger charge is 2.29. The Bertz CT molecular complexity index is 1380. The van der Waals surface area contributed by atoms with Crippen LogP contribution >= 0.6 is 30.3 Å². The topological polar surface area (TPSA) is 101 Å². The van der Waals surface area contributed by atoms with E-state index in [0.717, 1.165) is 16.5 Å². The number of carbonyl (C=O) groups is 1. The van der Waals surface area contributed by atoms with Crippen molar-refractivity contribution in [2.75, 3.05) is 10.2 Å². The minimum atomic E-state index is -3.67. The highest BCUT2D eigenvalue weighted by molar-refractivity contribution is 7.66. The monoisotopic (exact) mass is 494 g/mol. The van der Waals surface area contributed by atoms with Gasteiger partial charge in [0.05, 0.1) is 5.56 Å². The molecule has 8 nitrogen and oxygen atoms in total. The molecule has 0 spiro atoms. The van der Waals surface area contributed by atoms with E-state index in [1.165, 1.54) is 22.7 Å². The number of aromatic nitrogens is 3. The maximum Gasteiger partial charge on any atom is 0.358 e. The van der Waals surface area contributed by atoms with Gasteiger partial charge in [0.2, 0.25) is 0 Å². The minimum Gasteiger partial charge on any atom is -0.342 e. The molecule has 3 aromatic heterocycles. The predicted molar refractivity (Wildman–Crippen MR) is 134 cm³/mol. The second-order valence-electron chi connectivity index (χ2n) is 7.12. The van der Waals surface area contributed by atoms with Gasteiger partial charge in [-0.1, -0.05) is 48.5 Å². The lowest BCUT2D eigenvalue weighted by Crippen LogP contribution is -2.27. The molecule has 5 rings (SSSR count). The number of rotatable bonds is 8. The number of carbonyl (C=O) groups excluding carboxylic acids is 1. The molecule has 0 saturated carbocycles. The average molecular weight is 495 g/mol. The number of anilines is 2. The van der Waals surface area contributed by atoms with Gasteiger partial charge in [-0.05, 0) is 11.6 Å². The number of hydrogen-bond donors (Lipinski definition) is 3. The van der Waals surface area contributed by atoms with Crippen molar-refractivity contribution in [2.24, 2.45) is 0 Å². The molecule has 2 aromatic carbocycles. The van der Waals surface area contributed by atoms with Crippen molar-refractivity contribution in [3.8, 4) is 0 Å². The smallest absolute Gasteiger partial charge is 0.342 e. The van der Waals surface area contributed by atoms with Gasteiger partial charge in [-0.2, -0.15) is 0 Å². The molecular weight excluding hydrogens is 475 g/mol. The van der Waals surface area contributed by atoms with Crippen molar-refractivity contribution < 1.29 is 9.36 Å². The van der Waals surface area contributed by atoms with Crippen molar-refractivity contribution in [1.82, 2.24) is 19.6 Å². The molecule has 0 saturated heterocycles. The molecule has 3 N–H and O–H groups in total. The van der Waals surface area contributed by atoms with Crippen molar-refractivity contribution in [2.45, 2.75) is 6.54 Å². The summed E-state index contributed by atoms with van der Waals surface area (Å²) < 4.78 is 15.8. The maximum atomic E-state index is 13.7. The molecule has 5 aromatic rings. The minimum absolute atomic E-state index is 0.425. The first-order chi connectivity index (χ1) is 16.1. The van der Waals surface area contributed by atoms with Gasteiger partial charge < -0.3 is 4.57 Å². The van der Waals surface area contributed by atoms with E-state index in [-0.39, 0.29) is 0 Å². The molecule has 1 amide bonds. The second kappa shape index (κ2) is 9.19. The van der Waals surface area contributed by atoms with E-state index in [0.29, 0.717) is 22.4 Å². The van der Waals surface area contributed by atoms with Gasteiger partial charge in [0.25, 0.3) is 5.91 Å². The van der Waals surface area contributed by atoms with Gasteiger partial charge >= 0.3 is 7.59 Å². The molecule has 0 radical (unpaired) electrons. The molecule has 166 valence electrons. The predicted octanol–water partition coefficient (Wildman–Crippen LogP) is 5.66. The third kappa shape index (κ3) is 4.83. The number of benzene rings is 2. The van der Waals surface area contributed by atoms with Gasteiger partial charge in [-0.15, -0.1) is 22.7 Å². The molecule has 0 atom stereocenters. The first-order valence-electron chi connectivity index (χ1n) is 10.00. The van der Waals surface area contributed by atoms with Gasteiger partial charge in [-0.25, -0.2) is 9.97 Å². The van der Waals surface area contributed by atoms with Gasteiger partial charge in [0.15, 0.2) is 10.3 Å². The Morgan fingerprint density at radius 2 is 1.55 bits per heavy atom. The van der Waals surface area contributed by atoms with E-state index in [1.807, 2.05) is 59.2 Å². The molecular formula is C22H19N6O2PS2. The van der Waals surface area contributed by atoms with Crippen molar-refractivity contribution in [1.29, 1.82) is 0 Å². The molecule has 0 unspecified atom stereocenters. The SMILES string of the molecule is O=C(NP(=O)(Nc1nccs1)Nc1nccs1)c1cn(Cc2ccccc2)c2ccccc12. The van der Waals surface area contributed by atoms with Crippen LogP contribution < -0.4 is 15.3 Å². The van der Waals surface area contributed by atoms with Crippen LogP contribution in [0.1, 0.15) is 15.9 Å². The number of nitrogens with one attached hydrogen (secondary N) is 3. The highest BCUT2D eigenvalue weighted by atomic mass is 32.1. The molecule has 0 aliphatic carbocycles. The Hall–Kier alpha value is -3.46. The van der Waals surface area contributed by atoms with E-state index in [1.54, 1.807) is 29.4 Å². The number of amides is 1. The zero-order chi connectivity index (χ0) is 22.7. The van der Waals surface area contributed by atoms with Crippen LogP contribution in [0.3, 0.4) is 0 Å². The number of hydrogen-bond acceptors (Lipinski definition) is 6. The Morgan fingerprint density at radius 3 is 2.18 bits per heavy atom. The van der Waals surface area contributed by atoms with Crippen molar-refractivity contribution in [3.63, 3.8) is 0 Å². The normalized spacial score (nSPS) is 11.4. The molecule has 11 heteroatoms. The van der Waals surface area contributed by atoms with E-state index in [2.05, 4.69) is 25.2 Å². The quantitative estimate of drug-likeness (QED) is 0.241. The third-order valence-electron chi connectivity index (χ3n) is 4.86. The summed E-state index contributed by atoms with van der Waals surface area (Å²) in [5, 5.41) is 13.5. The Morgan fingerprint density at radius 1 is 0.909 bits per heavy atom. The van der Waals surface area contributed by atoms with Crippen molar-refractivity contribution >= 4 is 57.3 Å². The van der Waals surface area contributed by atoms with E-state index in [4.69, 9.17) is 0 Å². The first-order valence-corrected chi connectivity index (χ1v) is 13.5. The number of nitrogens with zero attached hydrogens (tertiary/aromatic N) is 3. The fraction of sp³-hybridized carbons (Fsp3) is 0.0455. The summed E-state index contributed by atoms with van der Waals surface area (Å²) in [6, 6.07) is 17.7. The average Bonchev–Trinajstić information content (AvgIpc) is 3.57. The van der Waals surface area contributed by atoms with Crippen LogP contribution in [0.2, 0.25) is 0 Å². The largest absolute Gasteiger partial charge is 0.358 e. The molecule has 0 fully saturated rings. The molecule has 0 bridgehead atoms. The Balaban J connectivity index is 1.47. The lowest BCUT2D eigenvalue weighted by atomic mass is 10.2. The summed E-state index contributed by atoms with van der Waals surface area (Å²) >= 11 is 2.57. The maximum absolute atomic E-state index is 13.7.